The number of carbonyl (C=O) groups is 2. The van der Waals surface area contributed by atoms with Crippen LogP contribution in [0.5, 0.6) is 0 Å². The van der Waals surface area contributed by atoms with Gasteiger partial charge in [-0.2, -0.15) is 4.31 Å². The number of hydrogen-bond acceptors (Lipinski definition) is 6. The largest absolute Gasteiger partial charge is 0.449 e. The van der Waals surface area contributed by atoms with Crippen molar-refractivity contribution in [1.82, 2.24) is 4.31 Å². The Kier molecular flexibility index (Phi) is 7.20. The molecule has 3 atom stereocenters. The number of nitrogens with one attached hydrogen (secondary N) is 1. The molecule has 0 saturated carbocycles. The maximum atomic E-state index is 13.1. The number of rotatable bonds is 6. The maximum absolute atomic E-state index is 13.1. The first-order valence-electron chi connectivity index (χ1n) is 11.4. The number of sulfonamides is 1. The van der Waals surface area contributed by atoms with Gasteiger partial charge < -0.3 is 14.8 Å². The van der Waals surface area contributed by atoms with Gasteiger partial charge in [-0.25, -0.2) is 13.2 Å². The van der Waals surface area contributed by atoms with Crippen LogP contribution in [0.2, 0.25) is 0 Å². The summed E-state index contributed by atoms with van der Waals surface area (Å²) in [5, 5.41) is 4.76. The first-order chi connectivity index (χ1) is 16.6. The summed E-state index contributed by atoms with van der Waals surface area (Å²) in [6.07, 6.45) is -1.55. The van der Waals surface area contributed by atoms with Crippen molar-refractivity contribution in [2.24, 2.45) is 0 Å². The second kappa shape index (κ2) is 10.2. The predicted octanol–water partition coefficient (Wildman–Crippen LogP) is 3.82. The lowest BCUT2D eigenvalue weighted by Gasteiger charge is -2.34. The Morgan fingerprint density at radius 3 is 2.37 bits per heavy atom. The van der Waals surface area contributed by atoms with Crippen molar-refractivity contribution in [3.8, 4) is 0 Å². The molecule has 0 spiro atoms. The van der Waals surface area contributed by atoms with Crippen molar-refractivity contribution < 1.29 is 27.5 Å². The van der Waals surface area contributed by atoms with Crippen LogP contribution in [0.3, 0.4) is 0 Å². The fraction of sp³-hybridized carbons (Fsp3) is 0.308. The molecule has 1 aliphatic rings. The van der Waals surface area contributed by atoms with Crippen LogP contribution in [0.25, 0.3) is 10.8 Å². The zero-order valence-corrected chi connectivity index (χ0v) is 20.6. The van der Waals surface area contributed by atoms with Crippen LogP contribution in [-0.2, 0) is 24.3 Å². The number of anilines is 1. The summed E-state index contributed by atoms with van der Waals surface area (Å²) < 4.78 is 38.6. The minimum Gasteiger partial charge on any atom is -0.449 e. The highest BCUT2D eigenvalue weighted by Gasteiger charge is 2.32. The number of hydrogen-bond donors (Lipinski definition) is 1. The van der Waals surface area contributed by atoms with Gasteiger partial charge in [-0.1, -0.05) is 36.4 Å². The molecular formula is C26H28N2O6S. The lowest BCUT2D eigenvalue weighted by atomic mass is 10.1. The number of benzene rings is 3. The van der Waals surface area contributed by atoms with Crippen molar-refractivity contribution in [1.29, 1.82) is 0 Å². The van der Waals surface area contributed by atoms with Crippen LogP contribution in [-0.4, -0.2) is 56.0 Å². The van der Waals surface area contributed by atoms with Crippen molar-refractivity contribution in [2.45, 2.75) is 44.0 Å². The molecule has 3 aromatic carbocycles. The van der Waals surface area contributed by atoms with Crippen molar-refractivity contribution in [3.63, 3.8) is 0 Å². The Morgan fingerprint density at radius 1 is 0.971 bits per heavy atom. The number of fused-ring (bicyclic) bond motifs is 1. The Labute approximate surface area is 204 Å². The van der Waals surface area contributed by atoms with Gasteiger partial charge in [0.2, 0.25) is 10.0 Å². The molecule has 1 saturated heterocycles. The average Bonchev–Trinajstić information content (AvgIpc) is 2.83. The molecule has 0 unspecified atom stereocenters. The van der Waals surface area contributed by atoms with Gasteiger partial charge in [0.1, 0.15) is 0 Å². The number of esters is 1. The number of morpholine rings is 1. The summed E-state index contributed by atoms with van der Waals surface area (Å²) in [7, 11) is -3.82. The van der Waals surface area contributed by atoms with Crippen molar-refractivity contribution >= 4 is 38.4 Å². The second-order valence-electron chi connectivity index (χ2n) is 8.71. The summed E-state index contributed by atoms with van der Waals surface area (Å²) in [4.78, 5) is 25.3. The van der Waals surface area contributed by atoms with Gasteiger partial charge in [0, 0.05) is 18.8 Å². The van der Waals surface area contributed by atoms with Crippen LogP contribution < -0.4 is 5.32 Å². The molecule has 1 amide bonds. The highest BCUT2D eigenvalue weighted by molar-refractivity contribution is 7.89. The molecule has 9 heteroatoms. The van der Waals surface area contributed by atoms with E-state index in [-0.39, 0.29) is 35.8 Å². The Hall–Kier alpha value is -3.27. The smallest absolute Gasteiger partial charge is 0.338 e. The fourth-order valence-electron chi connectivity index (χ4n) is 4.05. The molecular weight excluding hydrogens is 468 g/mol. The molecule has 0 aromatic heterocycles. The van der Waals surface area contributed by atoms with Crippen LogP contribution in [0.1, 0.15) is 31.1 Å². The van der Waals surface area contributed by atoms with Gasteiger partial charge >= 0.3 is 5.97 Å². The van der Waals surface area contributed by atoms with E-state index in [1.807, 2.05) is 50.2 Å². The highest BCUT2D eigenvalue weighted by Crippen LogP contribution is 2.23. The molecule has 35 heavy (non-hydrogen) atoms. The molecule has 4 rings (SSSR count). The van der Waals surface area contributed by atoms with Gasteiger partial charge in [0.05, 0.1) is 22.7 Å². The lowest BCUT2D eigenvalue weighted by molar-refractivity contribution is -0.123. The molecule has 0 bridgehead atoms. The van der Waals surface area contributed by atoms with E-state index in [4.69, 9.17) is 9.47 Å². The zero-order valence-electron chi connectivity index (χ0n) is 19.8. The molecule has 0 radical (unpaired) electrons. The Bertz CT molecular complexity index is 1350. The molecule has 184 valence electrons. The fourth-order valence-corrected chi connectivity index (χ4v) is 5.69. The molecule has 1 fully saturated rings. The number of carbonyl (C=O) groups excluding carboxylic acids is 2. The highest BCUT2D eigenvalue weighted by atomic mass is 32.2. The first-order valence-corrected chi connectivity index (χ1v) is 12.8. The summed E-state index contributed by atoms with van der Waals surface area (Å²) >= 11 is 0. The van der Waals surface area contributed by atoms with Gasteiger partial charge in [-0.3, -0.25) is 4.79 Å². The van der Waals surface area contributed by atoms with Gasteiger partial charge in [-0.15, -0.1) is 0 Å². The Morgan fingerprint density at radius 2 is 1.66 bits per heavy atom. The summed E-state index contributed by atoms with van der Waals surface area (Å²) in [6.45, 7) is 5.55. The average molecular weight is 497 g/mol. The Balaban J connectivity index is 1.43. The first kappa shape index (κ1) is 24.8. The number of amides is 1. The molecule has 1 N–H and O–H groups in total. The third kappa shape index (κ3) is 5.70. The minimum absolute atomic E-state index is 0.0125. The SMILES string of the molecule is C[C@@H]1CN(S(=O)(=O)c2cccc(C(=O)O[C@H](C)C(=O)Nc3ccc4ccccc4c3)c2)C[C@H](C)O1. The number of ether oxygens (including phenoxy) is 2. The molecule has 1 aliphatic heterocycles. The van der Waals surface area contributed by atoms with E-state index >= 15 is 0 Å². The number of nitrogens with zero attached hydrogens (tertiary/aromatic N) is 1. The molecule has 3 aromatic rings. The van der Waals surface area contributed by atoms with E-state index in [2.05, 4.69) is 5.32 Å². The van der Waals surface area contributed by atoms with Crippen LogP contribution in [0, 0.1) is 0 Å². The van der Waals surface area contributed by atoms with Crippen LogP contribution in [0.15, 0.2) is 71.6 Å². The topological polar surface area (TPSA) is 102 Å². The molecule has 8 nitrogen and oxygen atoms in total. The van der Waals surface area contributed by atoms with E-state index in [0.29, 0.717) is 5.69 Å². The molecule has 1 heterocycles. The minimum atomic E-state index is -3.82. The van der Waals surface area contributed by atoms with Gasteiger partial charge in [0.15, 0.2) is 6.10 Å². The molecule has 0 aliphatic carbocycles. The summed E-state index contributed by atoms with van der Waals surface area (Å²) in [5.74, 6) is -1.28. The second-order valence-corrected chi connectivity index (χ2v) is 10.6. The van der Waals surface area contributed by atoms with E-state index in [0.717, 1.165) is 10.8 Å². The van der Waals surface area contributed by atoms with E-state index in [1.54, 1.807) is 6.07 Å². The predicted molar refractivity (Wildman–Crippen MR) is 133 cm³/mol. The van der Waals surface area contributed by atoms with Gasteiger partial charge in [-0.05, 0) is 61.9 Å². The van der Waals surface area contributed by atoms with Crippen LogP contribution in [0.4, 0.5) is 5.69 Å². The third-order valence-corrected chi connectivity index (χ3v) is 7.59. The van der Waals surface area contributed by atoms with E-state index in [9.17, 15) is 18.0 Å². The van der Waals surface area contributed by atoms with Crippen molar-refractivity contribution in [3.05, 3.63) is 72.3 Å². The van der Waals surface area contributed by atoms with E-state index < -0.39 is 28.0 Å². The maximum Gasteiger partial charge on any atom is 0.338 e. The zero-order chi connectivity index (χ0) is 25.2. The third-order valence-electron chi connectivity index (χ3n) is 5.76. The van der Waals surface area contributed by atoms with E-state index in [1.165, 1.54) is 35.5 Å². The monoisotopic (exact) mass is 496 g/mol. The summed E-state index contributed by atoms with van der Waals surface area (Å²) in [6, 6.07) is 18.9. The standard InChI is InChI=1S/C26H28N2O6S/c1-17-15-28(16-18(2)33-17)35(31,32)24-10-6-9-22(14-24)26(30)34-19(3)25(29)27-23-12-11-20-7-4-5-8-21(20)13-23/h4-14,17-19H,15-16H2,1-3H3,(H,27,29)/t17-,18+,19-/m1/s1. The quantitative estimate of drug-likeness (QED) is 0.521. The summed E-state index contributed by atoms with van der Waals surface area (Å²) in [5.41, 5.74) is 0.629. The normalized spacial score (nSPS) is 19.7. The van der Waals surface area contributed by atoms with Crippen molar-refractivity contribution in [2.75, 3.05) is 18.4 Å². The lowest BCUT2D eigenvalue weighted by Crippen LogP contribution is -2.48. The van der Waals surface area contributed by atoms with Gasteiger partial charge in [0.25, 0.3) is 5.91 Å². The van der Waals surface area contributed by atoms with Crippen LogP contribution >= 0.6 is 0 Å².